The SMILES string of the molecule is CC(C)(C)c1ncsc1C(=O)NCC1=CCNCC1. The summed E-state index contributed by atoms with van der Waals surface area (Å²) >= 11 is 1.42. The zero-order valence-corrected chi connectivity index (χ0v) is 12.6. The lowest BCUT2D eigenvalue weighted by Gasteiger charge is -2.18. The quantitative estimate of drug-likeness (QED) is 0.833. The predicted octanol–water partition coefficient (Wildman–Crippen LogP) is 2.09. The van der Waals surface area contributed by atoms with Crippen molar-refractivity contribution in [3.8, 4) is 0 Å². The highest BCUT2D eigenvalue weighted by atomic mass is 32.1. The van der Waals surface area contributed by atoms with Crippen LogP contribution in [0.2, 0.25) is 0 Å². The van der Waals surface area contributed by atoms with E-state index < -0.39 is 0 Å². The fourth-order valence-electron chi connectivity index (χ4n) is 2.05. The van der Waals surface area contributed by atoms with Gasteiger partial charge in [0.25, 0.3) is 5.91 Å². The Hall–Kier alpha value is -1.20. The number of rotatable bonds is 3. The average molecular weight is 279 g/mol. The molecule has 1 aromatic rings. The van der Waals surface area contributed by atoms with Crippen molar-refractivity contribution < 1.29 is 4.79 Å². The first-order valence-corrected chi connectivity index (χ1v) is 7.47. The van der Waals surface area contributed by atoms with Gasteiger partial charge >= 0.3 is 0 Å². The lowest BCUT2D eigenvalue weighted by molar-refractivity contribution is 0.0958. The third kappa shape index (κ3) is 3.64. The molecule has 0 radical (unpaired) electrons. The molecule has 2 rings (SSSR count). The Morgan fingerprint density at radius 1 is 1.53 bits per heavy atom. The Kier molecular flexibility index (Phi) is 4.37. The van der Waals surface area contributed by atoms with Gasteiger partial charge in [0, 0.05) is 18.5 Å². The van der Waals surface area contributed by atoms with Crippen molar-refractivity contribution in [2.75, 3.05) is 19.6 Å². The third-order valence-corrected chi connectivity index (χ3v) is 3.94. The summed E-state index contributed by atoms with van der Waals surface area (Å²) in [7, 11) is 0. The molecule has 0 atom stereocenters. The fourth-order valence-corrected chi connectivity index (χ4v) is 2.96. The second-order valence-corrected chi connectivity index (χ2v) is 6.63. The largest absolute Gasteiger partial charge is 0.348 e. The molecule has 1 aliphatic rings. The van der Waals surface area contributed by atoms with Crippen molar-refractivity contribution >= 4 is 17.2 Å². The van der Waals surface area contributed by atoms with Crippen molar-refractivity contribution in [3.05, 3.63) is 27.7 Å². The van der Waals surface area contributed by atoms with Crippen LogP contribution in [-0.4, -0.2) is 30.5 Å². The number of hydrogen-bond donors (Lipinski definition) is 2. The van der Waals surface area contributed by atoms with Crippen LogP contribution in [0.25, 0.3) is 0 Å². The van der Waals surface area contributed by atoms with E-state index in [1.807, 2.05) is 0 Å². The molecular formula is C14H21N3OS. The molecular weight excluding hydrogens is 258 g/mol. The Morgan fingerprint density at radius 3 is 2.95 bits per heavy atom. The van der Waals surface area contributed by atoms with Crippen molar-refractivity contribution in [2.24, 2.45) is 0 Å². The molecule has 0 spiro atoms. The molecule has 0 fully saturated rings. The molecule has 0 bridgehead atoms. The molecule has 0 saturated carbocycles. The van der Waals surface area contributed by atoms with E-state index in [4.69, 9.17) is 0 Å². The van der Waals surface area contributed by atoms with Gasteiger partial charge in [0.15, 0.2) is 0 Å². The molecule has 19 heavy (non-hydrogen) atoms. The maximum atomic E-state index is 12.2. The van der Waals surface area contributed by atoms with Crippen LogP contribution in [-0.2, 0) is 5.41 Å². The Labute approximate surface area is 118 Å². The Bertz CT molecular complexity index is 485. The number of aromatic nitrogens is 1. The number of carbonyl (C=O) groups is 1. The molecule has 0 aliphatic carbocycles. The molecule has 4 nitrogen and oxygen atoms in total. The van der Waals surface area contributed by atoms with E-state index in [2.05, 4.69) is 42.5 Å². The average Bonchev–Trinajstić information content (AvgIpc) is 2.86. The highest BCUT2D eigenvalue weighted by molar-refractivity contribution is 7.11. The zero-order chi connectivity index (χ0) is 13.9. The molecule has 1 aliphatic heterocycles. The van der Waals surface area contributed by atoms with Crippen molar-refractivity contribution in [2.45, 2.75) is 32.6 Å². The van der Waals surface area contributed by atoms with Gasteiger partial charge in [0.05, 0.1) is 11.2 Å². The summed E-state index contributed by atoms with van der Waals surface area (Å²) in [6, 6.07) is 0. The van der Waals surface area contributed by atoms with Gasteiger partial charge in [-0.2, -0.15) is 0 Å². The van der Waals surface area contributed by atoms with Gasteiger partial charge in [-0.25, -0.2) is 4.98 Å². The lowest BCUT2D eigenvalue weighted by Crippen LogP contribution is -2.30. The summed E-state index contributed by atoms with van der Waals surface area (Å²) in [6.07, 6.45) is 3.16. The van der Waals surface area contributed by atoms with E-state index in [9.17, 15) is 4.79 Å². The summed E-state index contributed by atoms with van der Waals surface area (Å²) in [6.45, 7) is 8.77. The lowest BCUT2D eigenvalue weighted by atomic mass is 9.91. The number of thiazole rings is 1. The molecule has 1 aromatic heterocycles. The molecule has 5 heteroatoms. The van der Waals surface area contributed by atoms with Crippen LogP contribution in [0.15, 0.2) is 17.2 Å². The van der Waals surface area contributed by atoms with Crippen LogP contribution in [0.4, 0.5) is 0 Å². The van der Waals surface area contributed by atoms with Gasteiger partial charge in [-0.3, -0.25) is 4.79 Å². The van der Waals surface area contributed by atoms with Gasteiger partial charge in [0.1, 0.15) is 4.88 Å². The smallest absolute Gasteiger partial charge is 0.263 e. The summed E-state index contributed by atoms with van der Waals surface area (Å²) in [5, 5.41) is 6.26. The van der Waals surface area contributed by atoms with Crippen molar-refractivity contribution in [1.82, 2.24) is 15.6 Å². The second kappa shape index (κ2) is 5.84. The summed E-state index contributed by atoms with van der Waals surface area (Å²) in [4.78, 5) is 17.3. The molecule has 0 unspecified atom stereocenters. The van der Waals surface area contributed by atoms with E-state index in [1.165, 1.54) is 16.9 Å². The minimum Gasteiger partial charge on any atom is -0.348 e. The van der Waals surface area contributed by atoms with E-state index in [0.29, 0.717) is 6.54 Å². The Morgan fingerprint density at radius 2 is 2.32 bits per heavy atom. The maximum absolute atomic E-state index is 12.2. The molecule has 0 aromatic carbocycles. The van der Waals surface area contributed by atoms with Gasteiger partial charge in [-0.15, -0.1) is 11.3 Å². The minimum atomic E-state index is -0.0965. The van der Waals surface area contributed by atoms with Gasteiger partial charge in [-0.05, 0) is 13.0 Å². The van der Waals surface area contributed by atoms with Crippen molar-refractivity contribution in [3.63, 3.8) is 0 Å². The molecule has 2 N–H and O–H groups in total. The highest BCUT2D eigenvalue weighted by Crippen LogP contribution is 2.26. The van der Waals surface area contributed by atoms with E-state index in [0.717, 1.165) is 30.1 Å². The van der Waals surface area contributed by atoms with Crippen LogP contribution in [0.1, 0.15) is 42.6 Å². The van der Waals surface area contributed by atoms with E-state index in [-0.39, 0.29) is 11.3 Å². The molecule has 0 saturated heterocycles. The summed E-state index contributed by atoms with van der Waals surface area (Å²) in [5.74, 6) is -0.00754. The Balaban J connectivity index is 2.00. The summed E-state index contributed by atoms with van der Waals surface area (Å²) < 4.78 is 0. The fraction of sp³-hybridized carbons (Fsp3) is 0.571. The number of hydrogen-bond acceptors (Lipinski definition) is 4. The number of amides is 1. The van der Waals surface area contributed by atoms with E-state index >= 15 is 0 Å². The first kappa shape index (κ1) is 14.2. The van der Waals surface area contributed by atoms with Crippen molar-refractivity contribution in [1.29, 1.82) is 0 Å². The molecule has 104 valence electrons. The van der Waals surface area contributed by atoms with Gasteiger partial charge < -0.3 is 10.6 Å². The highest BCUT2D eigenvalue weighted by Gasteiger charge is 2.24. The molecule has 2 heterocycles. The second-order valence-electron chi connectivity index (χ2n) is 5.78. The first-order valence-electron chi connectivity index (χ1n) is 6.59. The van der Waals surface area contributed by atoms with E-state index in [1.54, 1.807) is 5.51 Å². The monoisotopic (exact) mass is 279 g/mol. The zero-order valence-electron chi connectivity index (χ0n) is 11.7. The maximum Gasteiger partial charge on any atom is 0.263 e. The van der Waals surface area contributed by atoms with Gasteiger partial charge in [-0.1, -0.05) is 32.4 Å². The third-order valence-electron chi connectivity index (χ3n) is 3.12. The van der Waals surface area contributed by atoms with Crippen LogP contribution in [0.3, 0.4) is 0 Å². The number of nitrogens with one attached hydrogen (secondary N) is 2. The minimum absolute atomic E-state index is 0.00754. The number of carbonyl (C=O) groups excluding carboxylic acids is 1. The summed E-state index contributed by atoms with van der Waals surface area (Å²) in [5.41, 5.74) is 3.84. The van der Waals surface area contributed by atoms with Crippen LogP contribution < -0.4 is 10.6 Å². The number of nitrogens with zero attached hydrogens (tertiary/aromatic N) is 1. The normalized spacial score (nSPS) is 16.1. The molecule has 1 amide bonds. The van der Waals surface area contributed by atoms with Crippen LogP contribution in [0, 0.1) is 0 Å². The van der Waals surface area contributed by atoms with Crippen LogP contribution >= 0.6 is 11.3 Å². The van der Waals surface area contributed by atoms with Crippen LogP contribution in [0.5, 0.6) is 0 Å². The standard InChI is InChI=1S/C14H21N3OS/c1-14(2,3)12-11(19-9-17-12)13(18)16-8-10-4-6-15-7-5-10/h4,9,15H,5-8H2,1-3H3,(H,16,18). The van der Waals surface area contributed by atoms with Gasteiger partial charge in [0.2, 0.25) is 0 Å². The predicted molar refractivity (Wildman–Crippen MR) is 78.7 cm³/mol. The topological polar surface area (TPSA) is 54.0 Å². The first-order chi connectivity index (χ1) is 8.98.